The second kappa shape index (κ2) is 6.01. The van der Waals surface area contributed by atoms with Crippen molar-refractivity contribution in [2.75, 3.05) is 26.8 Å². The van der Waals surface area contributed by atoms with E-state index in [4.69, 9.17) is 9.84 Å². The number of aliphatic hydroxyl groups is 1. The summed E-state index contributed by atoms with van der Waals surface area (Å²) in [5, 5.41) is 11.4. The van der Waals surface area contributed by atoms with E-state index in [-0.39, 0.29) is 12.7 Å². The first-order valence-electron chi connectivity index (χ1n) is 3.15. The van der Waals surface area contributed by atoms with Crippen molar-refractivity contribution in [2.24, 2.45) is 0 Å². The molecule has 0 saturated heterocycles. The fourth-order valence-electron chi connectivity index (χ4n) is 0.468. The standard InChI is InChI=1S/C6H15NO2/c1-6(9-2)5-7-3-4-8/h6-8H,3-5H2,1-2H3. The lowest BCUT2D eigenvalue weighted by Crippen LogP contribution is -2.28. The third-order valence-corrected chi connectivity index (χ3v) is 1.12. The Hall–Kier alpha value is -0.120. The molecule has 0 aliphatic rings. The summed E-state index contributed by atoms with van der Waals surface area (Å²) < 4.78 is 4.95. The maximum atomic E-state index is 8.35. The molecule has 0 bridgehead atoms. The van der Waals surface area contributed by atoms with Gasteiger partial charge in [-0.15, -0.1) is 0 Å². The molecule has 0 amide bonds. The van der Waals surface area contributed by atoms with Crippen LogP contribution in [0.15, 0.2) is 0 Å². The second-order valence-corrected chi connectivity index (χ2v) is 1.97. The zero-order valence-electron chi connectivity index (χ0n) is 6.05. The van der Waals surface area contributed by atoms with Gasteiger partial charge in [-0.1, -0.05) is 0 Å². The SMILES string of the molecule is COC(C)CNCCO. The number of aliphatic hydroxyl groups excluding tert-OH is 1. The molecule has 56 valence electrons. The Bertz CT molecular complexity index is 59.0. The van der Waals surface area contributed by atoms with Crippen molar-refractivity contribution in [3.8, 4) is 0 Å². The average Bonchev–Trinajstić information content (AvgIpc) is 1.89. The molecule has 9 heavy (non-hydrogen) atoms. The van der Waals surface area contributed by atoms with Crippen molar-refractivity contribution >= 4 is 0 Å². The number of ether oxygens (including phenoxy) is 1. The van der Waals surface area contributed by atoms with Crippen LogP contribution in [0.25, 0.3) is 0 Å². The lowest BCUT2D eigenvalue weighted by Gasteiger charge is -2.08. The van der Waals surface area contributed by atoms with Gasteiger partial charge in [0.2, 0.25) is 0 Å². The highest BCUT2D eigenvalue weighted by Gasteiger charge is 1.95. The molecule has 0 aromatic carbocycles. The van der Waals surface area contributed by atoms with E-state index in [0.29, 0.717) is 6.54 Å². The van der Waals surface area contributed by atoms with Gasteiger partial charge in [-0.2, -0.15) is 0 Å². The van der Waals surface area contributed by atoms with E-state index >= 15 is 0 Å². The topological polar surface area (TPSA) is 41.5 Å². The highest BCUT2D eigenvalue weighted by Crippen LogP contribution is 1.81. The molecule has 1 unspecified atom stereocenters. The van der Waals surface area contributed by atoms with Gasteiger partial charge in [-0.3, -0.25) is 0 Å². The van der Waals surface area contributed by atoms with Gasteiger partial charge in [0.05, 0.1) is 12.7 Å². The van der Waals surface area contributed by atoms with E-state index in [2.05, 4.69) is 5.32 Å². The fraction of sp³-hybridized carbons (Fsp3) is 1.00. The Labute approximate surface area is 56.0 Å². The van der Waals surface area contributed by atoms with Crippen molar-refractivity contribution in [2.45, 2.75) is 13.0 Å². The van der Waals surface area contributed by atoms with Crippen molar-refractivity contribution in [3.63, 3.8) is 0 Å². The molecule has 0 aliphatic heterocycles. The molecule has 0 aromatic heterocycles. The summed E-state index contributed by atoms with van der Waals surface area (Å²) in [6.07, 6.45) is 0.233. The summed E-state index contributed by atoms with van der Waals surface area (Å²) in [6.45, 7) is 3.62. The molecular formula is C6H15NO2. The Morgan fingerprint density at radius 2 is 2.33 bits per heavy atom. The summed E-state index contributed by atoms with van der Waals surface area (Å²) in [6, 6.07) is 0. The molecule has 0 heterocycles. The Morgan fingerprint density at radius 3 is 2.78 bits per heavy atom. The van der Waals surface area contributed by atoms with Gasteiger partial charge < -0.3 is 15.2 Å². The third-order valence-electron chi connectivity index (χ3n) is 1.12. The first-order chi connectivity index (χ1) is 4.31. The van der Waals surface area contributed by atoms with Crippen LogP contribution >= 0.6 is 0 Å². The zero-order valence-corrected chi connectivity index (χ0v) is 6.05. The van der Waals surface area contributed by atoms with E-state index < -0.39 is 0 Å². The normalized spacial score (nSPS) is 13.7. The second-order valence-electron chi connectivity index (χ2n) is 1.97. The van der Waals surface area contributed by atoms with Crippen LogP contribution in [-0.4, -0.2) is 38.0 Å². The van der Waals surface area contributed by atoms with E-state index in [1.165, 1.54) is 0 Å². The minimum Gasteiger partial charge on any atom is -0.395 e. The molecule has 0 saturated carbocycles. The molecule has 0 rings (SSSR count). The smallest absolute Gasteiger partial charge is 0.0667 e. The average molecular weight is 133 g/mol. The Balaban J connectivity index is 2.88. The highest BCUT2D eigenvalue weighted by atomic mass is 16.5. The van der Waals surface area contributed by atoms with Crippen LogP contribution in [0.4, 0.5) is 0 Å². The molecule has 0 fully saturated rings. The largest absolute Gasteiger partial charge is 0.395 e. The maximum Gasteiger partial charge on any atom is 0.0667 e. The maximum absolute atomic E-state index is 8.35. The van der Waals surface area contributed by atoms with Crippen molar-refractivity contribution in [1.82, 2.24) is 5.32 Å². The van der Waals surface area contributed by atoms with Crippen molar-refractivity contribution in [3.05, 3.63) is 0 Å². The molecule has 3 heteroatoms. The van der Waals surface area contributed by atoms with Gasteiger partial charge >= 0.3 is 0 Å². The number of hydrogen-bond acceptors (Lipinski definition) is 3. The van der Waals surface area contributed by atoms with Crippen LogP contribution < -0.4 is 5.32 Å². The van der Waals surface area contributed by atoms with Crippen LogP contribution in [-0.2, 0) is 4.74 Å². The molecule has 0 spiro atoms. The van der Waals surface area contributed by atoms with Crippen molar-refractivity contribution in [1.29, 1.82) is 0 Å². The quantitative estimate of drug-likeness (QED) is 0.501. The fourth-order valence-corrected chi connectivity index (χ4v) is 0.468. The molecule has 0 aliphatic carbocycles. The van der Waals surface area contributed by atoms with Gasteiger partial charge in [0.1, 0.15) is 0 Å². The van der Waals surface area contributed by atoms with Gasteiger partial charge in [-0.05, 0) is 6.92 Å². The van der Waals surface area contributed by atoms with Crippen LogP contribution in [0.5, 0.6) is 0 Å². The summed E-state index contributed by atoms with van der Waals surface area (Å²) >= 11 is 0. The molecule has 0 radical (unpaired) electrons. The molecular weight excluding hydrogens is 118 g/mol. The zero-order chi connectivity index (χ0) is 7.11. The highest BCUT2D eigenvalue weighted by molar-refractivity contribution is 4.52. The lowest BCUT2D eigenvalue weighted by atomic mass is 10.4. The first-order valence-corrected chi connectivity index (χ1v) is 3.15. The summed E-state index contributed by atoms with van der Waals surface area (Å²) in [7, 11) is 1.67. The van der Waals surface area contributed by atoms with Crippen LogP contribution in [0.2, 0.25) is 0 Å². The van der Waals surface area contributed by atoms with E-state index in [1.54, 1.807) is 7.11 Å². The Morgan fingerprint density at radius 1 is 1.67 bits per heavy atom. The number of hydrogen-bond donors (Lipinski definition) is 2. The van der Waals surface area contributed by atoms with Crippen LogP contribution in [0, 0.1) is 0 Å². The Kier molecular flexibility index (Phi) is 5.93. The minimum atomic E-state index is 0.191. The number of rotatable bonds is 5. The monoisotopic (exact) mass is 133 g/mol. The number of nitrogens with one attached hydrogen (secondary N) is 1. The molecule has 2 N–H and O–H groups in total. The van der Waals surface area contributed by atoms with Gasteiger partial charge in [0, 0.05) is 20.2 Å². The minimum absolute atomic E-state index is 0.191. The van der Waals surface area contributed by atoms with Gasteiger partial charge in [0.15, 0.2) is 0 Å². The molecule has 3 nitrogen and oxygen atoms in total. The van der Waals surface area contributed by atoms with E-state index in [9.17, 15) is 0 Å². The first kappa shape index (κ1) is 8.88. The molecule has 1 atom stereocenters. The molecule has 0 aromatic rings. The van der Waals surface area contributed by atoms with E-state index in [1.807, 2.05) is 6.92 Å². The van der Waals surface area contributed by atoms with Crippen LogP contribution in [0.1, 0.15) is 6.92 Å². The van der Waals surface area contributed by atoms with Crippen molar-refractivity contribution < 1.29 is 9.84 Å². The lowest BCUT2D eigenvalue weighted by molar-refractivity contribution is 0.116. The van der Waals surface area contributed by atoms with E-state index in [0.717, 1.165) is 6.54 Å². The predicted molar refractivity (Wildman–Crippen MR) is 36.4 cm³/mol. The van der Waals surface area contributed by atoms with Crippen LogP contribution in [0.3, 0.4) is 0 Å². The summed E-state index contributed by atoms with van der Waals surface area (Å²) in [5.74, 6) is 0. The summed E-state index contributed by atoms with van der Waals surface area (Å²) in [4.78, 5) is 0. The third kappa shape index (κ3) is 5.76. The summed E-state index contributed by atoms with van der Waals surface area (Å²) in [5.41, 5.74) is 0. The van der Waals surface area contributed by atoms with Gasteiger partial charge in [-0.25, -0.2) is 0 Å². The predicted octanol–water partition coefficient (Wildman–Crippen LogP) is -0.397. The van der Waals surface area contributed by atoms with Gasteiger partial charge in [0.25, 0.3) is 0 Å². The number of methoxy groups -OCH3 is 1.